The molecular formula is C42H30F54N6O18. The van der Waals surface area contributed by atoms with E-state index in [1.54, 1.807) is 0 Å². The molecule has 1 rings (SSSR count). The quantitative estimate of drug-likeness (QED) is 0.0331. The molecule has 0 aliphatic rings. The van der Waals surface area contributed by atoms with Crippen LogP contribution in [0.4, 0.5) is 255 Å². The Morgan fingerprint density at radius 2 is 0.342 bits per heavy atom. The smallest absolute Gasteiger partial charge is 0.394 e. The molecule has 78 heteroatoms. The average Bonchev–Trinajstić information content (AvgIpc) is 0.747. The van der Waals surface area contributed by atoms with Crippen LogP contribution in [-0.2, 0) is 56.8 Å². The van der Waals surface area contributed by atoms with Crippen molar-refractivity contribution in [3.05, 3.63) is 0 Å². The van der Waals surface area contributed by atoms with Crippen LogP contribution in [0.2, 0.25) is 0 Å². The molecule has 0 saturated heterocycles. The summed E-state index contributed by atoms with van der Waals surface area (Å²) in [7, 11) is 0. The standard InChI is InChI=1S/C42H30F54N6O18/c1-2-100(3-11(106)6-103)14-97-15(101(4-12(107)7-104)9-17(43,44)109-23(57,58)25(61,62)113-31(73,74)33(77,78)117-39(89,90)41(93,94)119-37(85,86)35(81,82)115-29(69,70)27(65,66)111-21(53,54)19(47,48)49)99-16(98-14)102(5-13(108)8-105)10-18(45,46)110-24(59,60)26(63,64)114-32(75,76)34(79,80)118-40(91,92)42(95,96)120-38(87,88)36(83,84)116-30(71,72)28(67,68)112-22(55,56)20(50,51)52/h11-13,103-108H,2-10H2,1H3. The Morgan fingerprint density at radius 1 is 0.217 bits per heavy atom. The summed E-state index contributed by atoms with van der Waals surface area (Å²) >= 11 is 0. The van der Waals surface area contributed by atoms with Crippen LogP contribution >= 0.6 is 0 Å². The molecule has 0 aromatic carbocycles. The summed E-state index contributed by atoms with van der Waals surface area (Å²) in [6.07, 6.45) is -222. The Hall–Kier alpha value is -6.09. The molecule has 0 amide bonds. The zero-order valence-corrected chi connectivity index (χ0v) is 54.3. The van der Waals surface area contributed by atoms with Crippen molar-refractivity contribution >= 4 is 17.8 Å². The maximum atomic E-state index is 15.6. The molecule has 0 aliphatic carbocycles. The predicted octanol–water partition coefficient (Wildman–Crippen LogP) is 12.9. The van der Waals surface area contributed by atoms with Crippen molar-refractivity contribution in [1.29, 1.82) is 0 Å². The van der Waals surface area contributed by atoms with Crippen LogP contribution in [0.5, 0.6) is 0 Å². The first-order chi connectivity index (χ1) is 52.1. The van der Waals surface area contributed by atoms with Crippen molar-refractivity contribution in [3.63, 3.8) is 0 Å². The summed E-state index contributed by atoms with van der Waals surface area (Å²) in [5.74, 6) is -6.52. The molecule has 3 atom stereocenters. The number of ether oxygens (including phenoxy) is 12. The third-order valence-electron chi connectivity index (χ3n) is 11.7. The van der Waals surface area contributed by atoms with Crippen molar-refractivity contribution in [2.45, 2.75) is 184 Å². The summed E-state index contributed by atoms with van der Waals surface area (Å²) in [4.78, 5) is 7.03. The topological polar surface area (TPSA) is 281 Å². The van der Waals surface area contributed by atoms with E-state index in [9.17, 15) is 250 Å². The Bertz CT molecular complexity index is 3280. The van der Waals surface area contributed by atoms with E-state index in [-0.39, 0.29) is 4.90 Å². The third-order valence-corrected chi connectivity index (χ3v) is 11.7. The van der Waals surface area contributed by atoms with Gasteiger partial charge in [0.1, 0.15) is 13.1 Å². The van der Waals surface area contributed by atoms with Gasteiger partial charge >= 0.3 is 159 Å². The summed E-state index contributed by atoms with van der Waals surface area (Å²) < 4.78 is 765. The molecule has 1 heterocycles. The van der Waals surface area contributed by atoms with E-state index in [1.807, 2.05) is 0 Å². The Morgan fingerprint density at radius 3 is 0.475 bits per heavy atom. The monoisotopic (exact) mass is 1930 g/mol. The van der Waals surface area contributed by atoms with E-state index >= 15 is 17.6 Å². The maximum absolute atomic E-state index is 15.6. The Kier molecular flexibility index (Phi) is 32.7. The van der Waals surface area contributed by atoms with Gasteiger partial charge < -0.3 is 45.3 Å². The molecule has 1 aromatic rings. The summed E-state index contributed by atoms with van der Waals surface area (Å²) in [6.45, 7) is -19.3. The second-order valence-electron chi connectivity index (χ2n) is 21.4. The van der Waals surface area contributed by atoms with Crippen molar-refractivity contribution < 1.29 is 325 Å². The lowest BCUT2D eigenvalue weighted by Crippen LogP contribution is -2.62. The number of aliphatic hydroxyl groups is 6. The van der Waals surface area contributed by atoms with Crippen LogP contribution in [0.25, 0.3) is 0 Å². The van der Waals surface area contributed by atoms with Crippen LogP contribution in [0.1, 0.15) is 6.92 Å². The predicted molar refractivity (Wildman–Crippen MR) is 245 cm³/mol. The molecule has 120 heavy (non-hydrogen) atoms. The van der Waals surface area contributed by atoms with Gasteiger partial charge in [0, 0.05) is 26.2 Å². The minimum atomic E-state index is -8.67. The number of anilines is 3. The van der Waals surface area contributed by atoms with E-state index < -0.39 is 264 Å². The first kappa shape index (κ1) is 112. The summed E-state index contributed by atoms with van der Waals surface area (Å²) in [6, 6.07) is 0. The lowest BCUT2D eigenvalue weighted by Gasteiger charge is -2.37. The van der Waals surface area contributed by atoms with E-state index in [1.165, 1.54) is 9.47 Å². The first-order valence-electron chi connectivity index (χ1n) is 27.6. The van der Waals surface area contributed by atoms with Gasteiger partial charge in [-0.15, -0.1) is 0 Å². The molecule has 0 saturated carbocycles. The number of rotatable bonds is 51. The maximum Gasteiger partial charge on any atom is 0.483 e. The van der Waals surface area contributed by atoms with Crippen LogP contribution in [0, 0.1) is 0 Å². The zero-order valence-electron chi connectivity index (χ0n) is 54.3. The second kappa shape index (κ2) is 35.0. The van der Waals surface area contributed by atoms with Crippen LogP contribution < -0.4 is 14.7 Å². The van der Waals surface area contributed by atoms with Crippen molar-refractivity contribution in [1.82, 2.24) is 15.0 Å². The minimum Gasteiger partial charge on any atom is -0.394 e. The van der Waals surface area contributed by atoms with E-state index in [0.717, 1.165) is 37.9 Å². The molecule has 0 fully saturated rings. The highest BCUT2D eigenvalue weighted by atomic mass is 19.5. The van der Waals surface area contributed by atoms with Gasteiger partial charge in [0.15, 0.2) is 0 Å². The molecule has 0 radical (unpaired) electrons. The fourth-order valence-corrected chi connectivity index (χ4v) is 6.29. The molecule has 24 nitrogen and oxygen atoms in total. The van der Waals surface area contributed by atoms with Crippen molar-refractivity contribution in [2.24, 2.45) is 0 Å². The Labute approximate surface area is 616 Å². The van der Waals surface area contributed by atoms with Gasteiger partial charge in [0.2, 0.25) is 17.8 Å². The van der Waals surface area contributed by atoms with Crippen molar-refractivity contribution in [2.75, 3.05) is 73.8 Å². The average molecular weight is 1930 g/mol. The minimum absolute atomic E-state index is 0.121. The number of halogens is 54. The highest BCUT2D eigenvalue weighted by molar-refractivity contribution is 5.47. The van der Waals surface area contributed by atoms with Gasteiger partial charge in [-0.1, -0.05) is 0 Å². The fourth-order valence-electron chi connectivity index (χ4n) is 6.29. The largest absolute Gasteiger partial charge is 0.483 e. The molecule has 6 N–H and O–H groups in total. The van der Waals surface area contributed by atoms with Crippen LogP contribution in [0.15, 0.2) is 0 Å². The third kappa shape index (κ3) is 26.5. The molecule has 1 aromatic heterocycles. The van der Waals surface area contributed by atoms with Crippen LogP contribution in [-0.4, -0.2) is 282 Å². The number of alkyl halides is 54. The molecule has 0 bridgehead atoms. The zero-order chi connectivity index (χ0) is 96.2. The van der Waals surface area contributed by atoms with Crippen molar-refractivity contribution in [3.8, 4) is 0 Å². The Balaban J connectivity index is 4.00. The van der Waals surface area contributed by atoms with Gasteiger partial charge in [-0.2, -0.15) is 252 Å². The number of likely N-dealkylation sites (N-methyl/N-ethyl adjacent to an activating group) is 1. The highest BCUT2D eigenvalue weighted by Crippen LogP contribution is 2.59. The normalized spacial score (nSPS) is 16.5. The second-order valence-corrected chi connectivity index (χ2v) is 21.4. The van der Waals surface area contributed by atoms with Crippen LogP contribution in [0.3, 0.4) is 0 Å². The van der Waals surface area contributed by atoms with E-state index in [0.29, 0.717) is 6.92 Å². The van der Waals surface area contributed by atoms with Gasteiger partial charge in [-0.05, 0) is 6.92 Å². The molecule has 0 spiro atoms. The number of hydrogen-bond donors (Lipinski definition) is 6. The van der Waals surface area contributed by atoms with Gasteiger partial charge in [0.05, 0.1) is 38.1 Å². The summed E-state index contributed by atoms with van der Waals surface area (Å²) in [5, 5.41) is 58.2. The van der Waals surface area contributed by atoms with Gasteiger partial charge in [-0.25, -0.2) is 56.8 Å². The number of hydrogen-bond acceptors (Lipinski definition) is 24. The first-order valence-corrected chi connectivity index (χ1v) is 27.6. The van der Waals surface area contributed by atoms with E-state index in [4.69, 9.17) is 0 Å². The van der Waals surface area contributed by atoms with Gasteiger partial charge in [0.25, 0.3) is 0 Å². The highest BCUT2D eigenvalue weighted by Gasteiger charge is 2.84. The summed E-state index contributed by atoms with van der Waals surface area (Å²) in [5.41, 5.74) is 0. The molecular weight excluding hydrogens is 1900 g/mol. The van der Waals surface area contributed by atoms with Gasteiger partial charge in [-0.3, -0.25) is 0 Å². The number of aliphatic hydroxyl groups excluding tert-OH is 6. The molecule has 3 unspecified atom stereocenters. The fraction of sp³-hybridized carbons (Fsp3) is 0.929. The van der Waals surface area contributed by atoms with E-state index in [2.05, 4.69) is 24.4 Å². The molecule has 714 valence electrons. The molecule has 0 aliphatic heterocycles. The number of aromatic nitrogens is 3. The number of nitrogens with zero attached hydrogens (tertiary/aromatic N) is 6. The SMILES string of the molecule is CCN(CC(O)CO)c1nc(N(CC(O)CO)CC(F)(F)OC(F)(F)C(F)(F)OC(F)(F)C(F)(F)OC(F)(F)C(F)(F)OC(F)(F)C(F)(F)OC(F)(F)C(F)(F)OC(F)(F)C(F)(F)F)nc(N(CC(O)CO)CC(F)(F)OC(F)(F)C(F)(F)OC(F)(F)C(F)(F)OC(F)(F)C(F)(F)OC(F)(F)C(F)(F)OC(F)(F)C(F)(F)OC(F)(F)C(F)(F)F)n1. The lowest BCUT2D eigenvalue weighted by molar-refractivity contribution is -0.595. The lowest BCUT2D eigenvalue weighted by atomic mass is 10.3.